The molecule has 4 rings (SSSR count). The maximum Gasteiger partial charge on any atom is 0.255 e. The Labute approximate surface area is 207 Å². The van der Waals surface area contributed by atoms with Crippen LogP contribution in [0, 0.1) is 0 Å². The van der Waals surface area contributed by atoms with E-state index in [1.165, 1.54) is 4.90 Å². The first kappa shape index (κ1) is 24.9. The van der Waals surface area contributed by atoms with Crippen molar-refractivity contribution in [2.24, 2.45) is 0 Å². The second-order valence-corrected chi connectivity index (χ2v) is 8.37. The molecule has 1 fully saturated rings. The van der Waals surface area contributed by atoms with Crippen molar-refractivity contribution in [2.45, 2.75) is 25.4 Å². The van der Waals surface area contributed by atoms with Crippen LogP contribution in [0.15, 0.2) is 42.5 Å². The van der Waals surface area contributed by atoms with E-state index in [0.29, 0.717) is 62.5 Å². The molecule has 0 aliphatic carbocycles. The summed E-state index contributed by atoms with van der Waals surface area (Å²) in [6.45, 7) is 1.83. The van der Waals surface area contributed by atoms with Crippen molar-refractivity contribution < 1.29 is 28.7 Å². The number of rotatable bonds is 11. The third-order valence-electron chi connectivity index (χ3n) is 6.05. The zero-order valence-corrected chi connectivity index (χ0v) is 19.5. The van der Waals surface area contributed by atoms with Crippen molar-refractivity contribution in [3.63, 3.8) is 0 Å². The van der Waals surface area contributed by atoms with E-state index in [1.807, 2.05) is 6.07 Å². The van der Waals surface area contributed by atoms with Crippen molar-refractivity contribution in [1.29, 1.82) is 0 Å². The SMILES string of the molecule is O=CNc1ccc(C(=O)NCCOCCNc2cccc3c2CN(C2CCC(=O)NC2=O)C3=O)cc1. The minimum absolute atomic E-state index is 0.213. The van der Waals surface area contributed by atoms with Crippen LogP contribution in [0.25, 0.3) is 0 Å². The fourth-order valence-electron chi connectivity index (χ4n) is 4.24. The molecule has 5 amide bonds. The number of nitrogens with one attached hydrogen (secondary N) is 4. The Morgan fingerprint density at radius 3 is 2.61 bits per heavy atom. The molecule has 2 heterocycles. The van der Waals surface area contributed by atoms with Crippen LogP contribution in [-0.4, -0.2) is 67.3 Å². The van der Waals surface area contributed by atoms with Crippen LogP contribution < -0.4 is 21.3 Å². The van der Waals surface area contributed by atoms with E-state index in [-0.39, 0.29) is 24.1 Å². The van der Waals surface area contributed by atoms with Gasteiger partial charge in [0.25, 0.3) is 11.8 Å². The van der Waals surface area contributed by atoms with Gasteiger partial charge in [-0.15, -0.1) is 0 Å². The highest BCUT2D eigenvalue weighted by Gasteiger charge is 2.39. The van der Waals surface area contributed by atoms with Gasteiger partial charge in [0.05, 0.1) is 13.2 Å². The lowest BCUT2D eigenvalue weighted by atomic mass is 10.0. The Kier molecular flexibility index (Phi) is 7.91. The number of anilines is 2. The van der Waals surface area contributed by atoms with Gasteiger partial charge in [-0.25, -0.2) is 0 Å². The van der Waals surface area contributed by atoms with Gasteiger partial charge in [0.15, 0.2) is 0 Å². The minimum atomic E-state index is -0.653. The Bertz CT molecular complexity index is 1170. The number of ether oxygens (including phenoxy) is 1. The lowest BCUT2D eigenvalue weighted by Gasteiger charge is -2.29. The quantitative estimate of drug-likeness (QED) is 0.206. The van der Waals surface area contributed by atoms with Gasteiger partial charge in [-0.2, -0.15) is 0 Å². The van der Waals surface area contributed by atoms with Crippen LogP contribution >= 0.6 is 0 Å². The number of hydrogen-bond acceptors (Lipinski definition) is 7. The zero-order chi connectivity index (χ0) is 25.5. The Balaban J connectivity index is 1.19. The molecule has 0 aromatic heterocycles. The van der Waals surface area contributed by atoms with Gasteiger partial charge in [-0.1, -0.05) is 6.07 Å². The van der Waals surface area contributed by atoms with Gasteiger partial charge in [-0.05, 0) is 42.8 Å². The smallest absolute Gasteiger partial charge is 0.255 e. The first-order valence-corrected chi connectivity index (χ1v) is 11.6. The molecular formula is C25H27N5O6. The molecule has 0 spiro atoms. The van der Waals surface area contributed by atoms with Crippen molar-refractivity contribution in [3.8, 4) is 0 Å². The fourth-order valence-corrected chi connectivity index (χ4v) is 4.24. The lowest BCUT2D eigenvalue weighted by molar-refractivity contribution is -0.136. The number of piperidine rings is 1. The molecule has 36 heavy (non-hydrogen) atoms. The van der Waals surface area contributed by atoms with Crippen molar-refractivity contribution >= 4 is 41.4 Å². The highest BCUT2D eigenvalue weighted by atomic mass is 16.5. The second kappa shape index (κ2) is 11.5. The summed E-state index contributed by atoms with van der Waals surface area (Å²) in [7, 11) is 0. The molecule has 0 saturated carbocycles. The van der Waals surface area contributed by atoms with Gasteiger partial charge >= 0.3 is 0 Å². The molecule has 1 unspecified atom stereocenters. The molecule has 0 bridgehead atoms. The molecule has 2 aromatic carbocycles. The number of nitrogens with zero attached hydrogens (tertiary/aromatic N) is 1. The van der Waals surface area contributed by atoms with Gasteiger partial charge in [0, 0.05) is 54.1 Å². The molecule has 1 atom stereocenters. The van der Waals surface area contributed by atoms with E-state index in [4.69, 9.17) is 4.74 Å². The number of carbonyl (C=O) groups is 5. The average Bonchev–Trinajstić information content (AvgIpc) is 3.21. The summed E-state index contributed by atoms with van der Waals surface area (Å²) in [5.41, 5.74) is 3.23. The van der Waals surface area contributed by atoms with E-state index in [2.05, 4.69) is 21.3 Å². The first-order chi connectivity index (χ1) is 17.5. The van der Waals surface area contributed by atoms with E-state index in [1.54, 1.807) is 36.4 Å². The summed E-state index contributed by atoms with van der Waals surface area (Å²) in [6.07, 6.45) is 1.10. The van der Waals surface area contributed by atoms with Crippen molar-refractivity contribution in [1.82, 2.24) is 15.5 Å². The van der Waals surface area contributed by atoms with E-state index >= 15 is 0 Å². The summed E-state index contributed by atoms with van der Waals surface area (Å²) < 4.78 is 5.59. The molecular weight excluding hydrogens is 466 g/mol. The molecule has 0 radical (unpaired) electrons. The van der Waals surface area contributed by atoms with E-state index in [9.17, 15) is 24.0 Å². The maximum atomic E-state index is 12.9. The number of imide groups is 1. The first-order valence-electron chi connectivity index (χ1n) is 11.6. The summed E-state index contributed by atoms with van der Waals surface area (Å²) in [4.78, 5) is 60.7. The van der Waals surface area contributed by atoms with E-state index in [0.717, 1.165) is 11.3 Å². The third-order valence-corrected chi connectivity index (χ3v) is 6.05. The van der Waals surface area contributed by atoms with E-state index < -0.39 is 11.9 Å². The summed E-state index contributed by atoms with van der Waals surface area (Å²) in [5.74, 6) is -1.21. The number of benzene rings is 2. The average molecular weight is 494 g/mol. The topological polar surface area (TPSA) is 146 Å². The van der Waals surface area contributed by atoms with Crippen LogP contribution in [0.5, 0.6) is 0 Å². The normalized spacial score (nSPS) is 16.8. The molecule has 2 aliphatic rings. The predicted octanol–water partition coefficient (Wildman–Crippen LogP) is 0.874. The van der Waals surface area contributed by atoms with Crippen LogP contribution in [-0.2, 0) is 25.7 Å². The largest absolute Gasteiger partial charge is 0.382 e. The Morgan fingerprint density at radius 2 is 1.86 bits per heavy atom. The number of carbonyl (C=O) groups excluding carboxylic acids is 5. The lowest BCUT2D eigenvalue weighted by Crippen LogP contribution is -2.52. The third kappa shape index (κ3) is 5.69. The maximum absolute atomic E-state index is 12.9. The molecule has 11 heteroatoms. The molecule has 2 aliphatic heterocycles. The van der Waals surface area contributed by atoms with Crippen LogP contribution in [0.2, 0.25) is 0 Å². The molecule has 11 nitrogen and oxygen atoms in total. The highest BCUT2D eigenvalue weighted by molar-refractivity contribution is 6.06. The Hall–Kier alpha value is -4.25. The molecule has 2 aromatic rings. The predicted molar refractivity (Wildman–Crippen MR) is 130 cm³/mol. The monoisotopic (exact) mass is 493 g/mol. The highest BCUT2D eigenvalue weighted by Crippen LogP contribution is 2.32. The van der Waals surface area contributed by atoms with Gasteiger partial charge < -0.3 is 25.6 Å². The van der Waals surface area contributed by atoms with Crippen molar-refractivity contribution in [3.05, 3.63) is 59.2 Å². The summed E-state index contributed by atoms with van der Waals surface area (Å²) in [5, 5.41) is 10.9. The second-order valence-electron chi connectivity index (χ2n) is 8.37. The molecule has 1 saturated heterocycles. The fraction of sp³-hybridized carbons (Fsp3) is 0.320. The summed E-state index contributed by atoms with van der Waals surface area (Å²) >= 11 is 0. The van der Waals surface area contributed by atoms with Gasteiger partial charge in [-0.3, -0.25) is 29.3 Å². The zero-order valence-electron chi connectivity index (χ0n) is 19.5. The number of hydrogen-bond donors (Lipinski definition) is 4. The van der Waals surface area contributed by atoms with Gasteiger partial charge in [0.2, 0.25) is 18.2 Å². The number of fused-ring (bicyclic) bond motifs is 1. The summed E-state index contributed by atoms with van der Waals surface area (Å²) in [6, 6.07) is 11.3. The van der Waals surface area contributed by atoms with Crippen molar-refractivity contribution in [2.75, 3.05) is 36.9 Å². The van der Waals surface area contributed by atoms with Gasteiger partial charge in [0.1, 0.15) is 6.04 Å². The molecule has 4 N–H and O–H groups in total. The van der Waals surface area contributed by atoms with Crippen LogP contribution in [0.4, 0.5) is 11.4 Å². The standard InChI is InChI=1S/C25H27N5O6/c31-15-28-17-6-4-16(5-7-17)23(33)27-11-13-36-12-10-26-20-3-1-2-18-19(20)14-30(25(18)35)21-8-9-22(32)29-24(21)34/h1-7,15,21,26H,8-14H2,(H,27,33)(H,28,31)(H,29,32,34). The Morgan fingerprint density at radius 1 is 1.08 bits per heavy atom. The van der Waals surface area contributed by atoms with Crippen LogP contribution in [0.1, 0.15) is 39.1 Å². The minimum Gasteiger partial charge on any atom is -0.382 e. The van der Waals surface area contributed by atoms with Crippen LogP contribution in [0.3, 0.4) is 0 Å². The molecule has 188 valence electrons. The number of amides is 5.